The molecule has 1 aromatic rings. The van der Waals surface area contributed by atoms with E-state index in [0.29, 0.717) is 5.56 Å². The first-order valence-corrected chi connectivity index (χ1v) is 4.95. The number of ether oxygens (including phenoxy) is 1. The Bertz CT molecular complexity index is 408. The van der Waals surface area contributed by atoms with E-state index in [2.05, 4.69) is 5.32 Å². The van der Waals surface area contributed by atoms with Crippen molar-refractivity contribution in [2.75, 3.05) is 6.54 Å². The standard InChI is InChI=1S/C11H12FNO4/c12-9-3-1-2-8(6-9)7-17-11(16)13-5-4-10(14)15/h1-3,6H,4-5,7H2,(H,13,16)(H,14,15). The molecule has 0 bridgehead atoms. The van der Waals surface area contributed by atoms with Crippen molar-refractivity contribution in [2.45, 2.75) is 13.0 Å². The molecular formula is C11H12FNO4. The second kappa shape index (κ2) is 6.47. The Kier molecular flexibility index (Phi) is 4.93. The number of carboxylic acid groups (broad SMARTS) is 1. The Hall–Kier alpha value is -2.11. The summed E-state index contributed by atoms with van der Waals surface area (Å²) in [6.45, 7) is -0.0615. The van der Waals surface area contributed by atoms with E-state index in [-0.39, 0.29) is 19.6 Å². The number of carboxylic acids is 1. The van der Waals surface area contributed by atoms with E-state index in [1.54, 1.807) is 6.07 Å². The largest absolute Gasteiger partial charge is 0.481 e. The van der Waals surface area contributed by atoms with Crippen molar-refractivity contribution in [2.24, 2.45) is 0 Å². The van der Waals surface area contributed by atoms with Crippen LogP contribution in [0.4, 0.5) is 9.18 Å². The van der Waals surface area contributed by atoms with Gasteiger partial charge in [0, 0.05) is 6.54 Å². The number of alkyl carbamates (subject to hydrolysis) is 1. The number of aliphatic carboxylic acids is 1. The van der Waals surface area contributed by atoms with Crippen LogP contribution in [0.1, 0.15) is 12.0 Å². The molecule has 0 aliphatic carbocycles. The molecule has 1 aromatic carbocycles. The topological polar surface area (TPSA) is 75.6 Å². The van der Waals surface area contributed by atoms with Crippen molar-refractivity contribution in [1.82, 2.24) is 5.32 Å². The van der Waals surface area contributed by atoms with Crippen LogP contribution in [-0.2, 0) is 16.1 Å². The molecule has 1 amide bonds. The van der Waals surface area contributed by atoms with Gasteiger partial charge in [0.25, 0.3) is 0 Å². The van der Waals surface area contributed by atoms with Gasteiger partial charge in [-0.15, -0.1) is 0 Å². The van der Waals surface area contributed by atoms with Gasteiger partial charge in [0.2, 0.25) is 0 Å². The van der Waals surface area contributed by atoms with Gasteiger partial charge in [-0.3, -0.25) is 4.79 Å². The molecule has 2 N–H and O–H groups in total. The Morgan fingerprint density at radius 1 is 1.41 bits per heavy atom. The van der Waals surface area contributed by atoms with Crippen molar-refractivity contribution < 1.29 is 23.8 Å². The summed E-state index contributed by atoms with van der Waals surface area (Å²) in [4.78, 5) is 21.2. The first kappa shape index (κ1) is 13.0. The Morgan fingerprint density at radius 2 is 2.18 bits per heavy atom. The summed E-state index contributed by atoms with van der Waals surface area (Å²) in [5, 5.41) is 10.6. The third kappa shape index (κ3) is 5.50. The number of halogens is 1. The summed E-state index contributed by atoms with van der Waals surface area (Å²) in [5.74, 6) is -1.41. The van der Waals surface area contributed by atoms with Gasteiger partial charge >= 0.3 is 12.1 Å². The molecule has 5 nitrogen and oxygen atoms in total. The van der Waals surface area contributed by atoms with Crippen molar-refractivity contribution in [3.63, 3.8) is 0 Å². The van der Waals surface area contributed by atoms with Crippen LogP contribution in [0.25, 0.3) is 0 Å². The van der Waals surface area contributed by atoms with E-state index in [0.717, 1.165) is 0 Å². The van der Waals surface area contributed by atoms with E-state index >= 15 is 0 Å². The molecule has 0 saturated carbocycles. The number of nitrogens with one attached hydrogen (secondary N) is 1. The fourth-order valence-electron chi connectivity index (χ4n) is 1.10. The predicted octanol–water partition coefficient (Wildman–Crippen LogP) is 1.53. The van der Waals surface area contributed by atoms with E-state index in [4.69, 9.17) is 9.84 Å². The number of hydrogen-bond donors (Lipinski definition) is 2. The zero-order valence-electron chi connectivity index (χ0n) is 8.98. The minimum Gasteiger partial charge on any atom is -0.481 e. The molecule has 0 aromatic heterocycles. The van der Waals surface area contributed by atoms with Crippen molar-refractivity contribution in [3.05, 3.63) is 35.6 Å². The first-order valence-electron chi connectivity index (χ1n) is 4.95. The maximum absolute atomic E-state index is 12.8. The zero-order valence-corrected chi connectivity index (χ0v) is 8.98. The Morgan fingerprint density at radius 3 is 2.82 bits per heavy atom. The molecular weight excluding hydrogens is 229 g/mol. The Labute approximate surface area is 97.2 Å². The molecule has 0 saturated heterocycles. The highest BCUT2D eigenvalue weighted by Crippen LogP contribution is 2.04. The Balaban J connectivity index is 2.26. The predicted molar refractivity (Wildman–Crippen MR) is 56.8 cm³/mol. The quantitative estimate of drug-likeness (QED) is 0.819. The molecule has 0 aliphatic rings. The van der Waals surface area contributed by atoms with Gasteiger partial charge in [0.15, 0.2) is 0 Å². The minimum atomic E-state index is -1.00. The number of carbonyl (C=O) groups is 2. The summed E-state index contributed by atoms with van der Waals surface area (Å²) in [6, 6.07) is 5.67. The lowest BCUT2D eigenvalue weighted by atomic mass is 10.2. The average molecular weight is 241 g/mol. The minimum absolute atomic E-state index is 0.00266. The molecule has 0 unspecified atom stereocenters. The fraction of sp³-hybridized carbons (Fsp3) is 0.273. The molecule has 1 rings (SSSR count). The van der Waals surface area contributed by atoms with Crippen molar-refractivity contribution in [3.8, 4) is 0 Å². The normalized spacial score (nSPS) is 9.71. The van der Waals surface area contributed by atoms with Gasteiger partial charge in [-0.1, -0.05) is 12.1 Å². The molecule has 17 heavy (non-hydrogen) atoms. The van der Waals surface area contributed by atoms with Gasteiger partial charge in [0.1, 0.15) is 12.4 Å². The molecule has 0 heterocycles. The van der Waals surface area contributed by atoms with Gasteiger partial charge in [0.05, 0.1) is 6.42 Å². The monoisotopic (exact) mass is 241 g/mol. The SMILES string of the molecule is O=C(O)CCNC(=O)OCc1cccc(F)c1. The van der Waals surface area contributed by atoms with Crippen LogP contribution in [0.3, 0.4) is 0 Å². The summed E-state index contributed by atoms with van der Waals surface area (Å²) >= 11 is 0. The second-order valence-corrected chi connectivity index (χ2v) is 3.28. The summed E-state index contributed by atoms with van der Waals surface area (Å²) in [5.41, 5.74) is 0.526. The van der Waals surface area contributed by atoms with Gasteiger partial charge < -0.3 is 15.2 Å². The van der Waals surface area contributed by atoms with Gasteiger partial charge in [-0.2, -0.15) is 0 Å². The number of carbonyl (C=O) groups excluding carboxylic acids is 1. The van der Waals surface area contributed by atoms with Crippen LogP contribution >= 0.6 is 0 Å². The van der Waals surface area contributed by atoms with Crippen LogP contribution in [0.5, 0.6) is 0 Å². The molecule has 0 radical (unpaired) electrons. The maximum Gasteiger partial charge on any atom is 0.407 e. The molecule has 92 valence electrons. The molecule has 0 spiro atoms. The van der Waals surface area contributed by atoms with Crippen LogP contribution in [0.15, 0.2) is 24.3 Å². The maximum atomic E-state index is 12.8. The van der Waals surface area contributed by atoms with E-state index in [9.17, 15) is 14.0 Å². The number of rotatable bonds is 5. The fourth-order valence-corrected chi connectivity index (χ4v) is 1.10. The van der Waals surface area contributed by atoms with Gasteiger partial charge in [-0.05, 0) is 17.7 Å². The molecule has 0 atom stereocenters. The van der Waals surface area contributed by atoms with Crippen LogP contribution in [0, 0.1) is 5.82 Å². The molecule has 6 heteroatoms. The highest BCUT2D eigenvalue weighted by atomic mass is 19.1. The van der Waals surface area contributed by atoms with E-state index < -0.39 is 17.9 Å². The summed E-state index contributed by atoms with van der Waals surface area (Å²) in [7, 11) is 0. The van der Waals surface area contributed by atoms with E-state index in [1.807, 2.05) is 0 Å². The lowest BCUT2D eigenvalue weighted by molar-refractivity contribution is -0.136. The lowest BCUT2D eigenvalue weighted by Gasteiger charge is -2.05. The number of benzene rings is 1. The van der Waals surface area contributed by atoms with Crippen LogP contribution in [0.2, 0.25) is 0 Å². The number of amides is 1. The zero-order chi connectivity index (χ0) is 12.7. The highest BCUT2D eigenvalue weighted by molar-refractivity contribution is 5.70. The van der Waals surface area contributed by atoms with Gasteiger partial charge in [-0.25, -0.2) is 9.18 Å². The smallest absolute Gasteiger partial charge is 0.407 e. The molecule has 0 fully saturated rings. The van der Waals surface area contributed by atoms with Crippen LogP contribution < -0.4 is 5.32 Å². The second-order valence-electron chi connectivity index (χ2n) is 3.28. The first-order chi connectivity index (χ1) is 8.08. The highest BCUT2D eigenvalue weighted by Gasteiger charge is 2.04. The summed E-state index contributed by atoms with van der Waals surface area (Å²) in [6.07, 6.45) is -0.898. The summed E-state index contributed by atoms with van der Waals surface area (Å²) < 4.78 is 17.5. The molecule has 0 aliphatic heterocycles. The van der Waals surface area contributed by atoms with Crippen molar-refractivity contribution in [1.29, 1.82) is 0 Å². The third-order valence-electron chi connectivity index (χ3n) is 1.87. The lowest BCUT2D eigenvalue weighted by Crippen LogP contribution is -2.26. The van der Waals surface area contributed by atoms with E-state index in [1.165, 1.54) is 18.2 Å². The van der Waals surface area contributed by atoms with Crippen molar-refractivity contribution >= 4 is 12.1 Å². The number of hydrogen-bond acceptors (Lipinski definition) is 3. The average Bonchev–Trinajstić information content (AvgIpc) is 2.26. The third-order valence-corrected chi connectivity index (χ3v) is 1.87. The van der Waals surface area contributed by atoms with Crippen LogP contribution in [-0.4, -0.2) is 23.7 Å².